The molecule has 0 aromatic heterocycles. The van der Waals surface area contributed by atoms with Crippen molar-refractivity contribution in [2.24, 2.45) is 0 Å². The zero-order valence-corrected chi connectivity index (χ0v) is 9.71. The van der Waals surface area contributed by atoms with E-state index in [9.17, 15) is 0 Å². The smallest absolute Gasteiger partial charge is 0.138 e. The Morgan fingerprint density at radius 2 is 2.13 bits per heavy atom. The molecule has 1 aliphatic heterocycles. The second-order valence-electron chi connectivity index (χ2n) is 3.52. The van der Waals surface area contributed by atoms with Crippen molar-refractivity contribution < 1.29 is 9.47 Å². The van der Waals surface area contributed by atoms with Gasteiger partial charge in [0, 0.05) is 11.6 Å². The second kappa shape index (κ2) is 5.35. The van der Waals surface area contributed by atoms with Crippen molar-refractivity contribution >= 4 is 12.4 Å². The first kappa shape index (κ1) is 12.3. The standard InChI is InChI=1S/C11H15NO2.ClH/c1-8-7-14-11(12-8)9-5-3-4-6-10(9)13-2;/h3-6,8,11-12H,7H2,1-2H3;1H. The molecule has 4 heteroatoms. The predicted octanol–water partition coefficient (Wildman–Crippen LogP) is 2.12. The fourth-order valence-corrected chi connectivity index (χ4v) is 1.66. The lowest BCUT2D eigenvalue weighted by atomic mass is 10.1. The molecule has 3 nitrogen and oxygen atoms in total. The molecule has 1 fully saturated rings. The van der Waals surface area contributed by atoms with Gasteiger partial charge in [-0.2, -0.15) is 0 Å². The Balaban J connectivity index is 0.00000112. The lowest BCUT2D eigenvalue weighted by Gasteiger charge is -2.14. The van der Waals surface area contributed by atoms with Gasteiger partial charge in [0.05, 0.1) is 13.7 Å². The van der Waals surface area contributed by atoms with E-state index in [1.54, 1.807) is 7.11 Å². The van der Waals surface area contributed by atoms with Crippen molar-refractivity contribution in [3.05, 3.63) is 29.8 Å². The average molecular weight is 230 g/mol. The fourth-order valence-electron chi connectivity index (χ4n) is 1.66. The molecule has 0 amide bonds. The molecule has 2 atom stereocenters. The highest BCUT2D eigenvalue weighted by Crippen LogP contribution is 2.28. The van der Waals surface area contributed by atoms with Gasteiger partial charge in [-0.25, -0.2) is 0 Å². The first-order valence-electron chi connectivity index (χ1n) is 4.82. The minimum atomic E-state index is -0.0267. The normalized spacial score (nSPS) is 24.7. The molecule has 0 saturated carbocycles. The molecule has 15 heavy (non-hydrogen) atoms. The molecule has 1 heterocycles. The Morgan fingerprint density at radius 3 is 2.73 bits per heavy atom. The van der Waals surface area contributed by atoms with Gasteiger partial charge < -0.3 is 9.47 Å². The van der Waals surface area contributed by atoms with Crippen LogP contribution in [0.4, 0.5) is 0 Å². The van der Waals surface area contributed by atoms with Crippen LogP contribution in [0, 0.1) is 0 Å². The van der Waals surface area contributed by atoms with Crippen molar-refractivity contribution in [1.29, 1.82) is 0 Å². The van der Waals surface area contributed by atoms with E-state index >= 15 is 0 Å². The molecular weight excluding hydrogens is 214 g/mol. The highest BCUT2D eigenvalue weighted by molar-refractivity contribution is 5.85. The second-order valence-corrected chi connectivity index (χ2v) is 3.52. The summed E-state index contributed by atoms with van der Waals surface area (Å²) in [4.78, 5) is 0. The summed E-state index contributed by atoms with van der Waals surface area (Å²) in [7, 11) is 1.68. The minimum absolute atomic E-state index is 0. The number of ether oxygens (including phenoxy) is 2. The van der Waals surface area contributed by atoms with E-state index in [1.165, 1.54) is 0 Å². The number of hydrogen-bond donors (Lipinski definition) is 1. The first-order chi connectivity index (χ1) is 6.81. The molecule has 2 unspecified atom stereocenters. The molecule has 1 saturated heterocycles. The maximum atomic E-state index is 5.60. The molecule has 2 rings (SSSR count). The van der Waals surface area contributed by atoms with Gasteiger partial charge in [-0.15, -0.1) is 12.4 Å². The zero-order chi connectivity index (χ0) is 9.97. The van der Waals surface area contributed by atoms with Crippen LogP contribution < -0.4 is 10.1 Å². The van der Waals surface area contributed by atoms with Gasteiger partial charge >= 0.3 is 0 Å². The van der Waals surface area contributed by atoms with E-state index in [2.05, 4.69) is 12.2 Å². The molecule has 1 aromatic carbocycles. The summed E-state index contributed by atoms with van der Waals surface area (Å²) in [5, 5.41) is 3.34. The van der Waals surface area contributed by atoms with Crippen LogP contribution in [0.1, 0.15) is 18.7 Å². The minimum Gasteiger partial charge on any atom is -0.496 e. The molecule has 1 aromatic rings. The Labute approximate surface area is 96.2 Å². The average Bonchev–Trinajstić information content (AvgIpc) is 2.65. The van der Waals surface area contributed by atoms with Gasteiger partial charge in [-0.05, 0) is 13.0 Å². The summed E-state index contributed by atoms with van der Waals surface area (Å²) in [6.45, 7) is 2.86. The van der Waals surface area contributed by atoms with E-state index in [1.807, 2.05) is 24.3 Å². The largest absolute Gasteiger partial charge is 0.496 e. The molecule has 0 aliphatic carbocycles. The topological polar surface area (TPSA) is 30.5 Å². The quantitative estimate of drug-likeness (QED) is 0.843. The summed E-state index contributed by atoms with van der Waals surface area (Å²) in [6, 6.07) is 8.33. The highest BCUT2D eigenvalue weighted by Gasteiger charge is 2.24. The van der Waals surface area contributed by atoms with E-state index in [4.69, 9.17) is 9.47 Å². The Morgan fingerprint density at radius 1 is 1.40 bits per heavy atom. The van der Waals surface area contributed by atoms with Gasteiger partial charge in [0.2, 0.25) is 0 Å². The number of halogens is 1. The number of benzene rings is 1. The van der Waals surface area contributed by atoms with Gasteiger partial charge in [-0.1, -0.05) is 18.2 Å². The summed E-state index contributed by atoms with van der Waals surface area (Å²) < 4.78 is 10.9. The monoisotopic (exact) mass is 229 g/mol. The van der Waals surface area contributed by atoms with Gasteiger partial charge in [0.15, 0.2) is 0 Å². The van der Waals surface area contributed by atoms with E-state index in [0.717, 1.165) is 17.9 Å². The summed E-state index contributed by atoms with van der Waals surface area (Å²) in [5.74, 6) is 0.874. The van der Waals surface area contributed by atoms with Crippen LogP contribution in [0.25, 0.3) is 0 Å². The van der Waals surface area contributed by atoms with E-state index in [-0.39, 0.29) is 18.6 Å². The van der Waals surface area contributed by atoms with Crippen molar-refractivity contribution in [3.63, 3.8) is 0 Å². The lowest BCUT2D eigenvalue weighted by Crippen LogP contribution is -2.22. The summed E-state index contributed by atoms with van der Waals surface area (Å²) in [6.07, 6.45) is -0.0267. The van der Waals surface area contributed by atoms with E-state index < -0.39 is 0 Å². The van der Waals surface area contributed by atoms with Crippen molar-refractivity contribution in [3.8, 4) is 5.75 Å². The number of hydrogen-bond acceptors (Lipinski definition) is 3. The van der Waals surface area contributed by atoms with Crippen LogP contribution in [-0.2, 0) is 4.74 Å². The predicted molar refractivity (Wildman–Crippen MR) is 61.5 cm³/mol. The van der Waals surface area contributed by atoms with Crippen LogP contribution in [0.15, 0.2) is 24.3 Å². The zero-order valence-electron chi connectivity index (χ0n) is 8.90. The number of rotatable bonds is 2. The fraction of sp³-hybridized carbons (Fsp3) is 0.455. The third-order valence-corrected chi connectivity index (χ3v) is 2.37. The van der Waals surface area contributed by atoms with Crippen molar-refractivity contribution in [2.45, 2.75) is 19.2 Å². The maximum absolute atomic E-state index is 5.60. The molecule has 0 bridgehead atoms. The molecule has 84 valence electrons. The maximum Gasteiger partial charge on any atom is 0.138 e. The molecule has 0 radical (unpaired) electrons. The van der Waals surface area contributed by atoms with Gasteiger partial charge in [0.1, 0.15) is 12.0 Å². The lowest BCUT2D eigenvalue weighted by molar-refractivity contribution is 0.0986. The Hall–Kier alpha value is -0.770. The molecule has 1 N–H and O–H groups in total. The van der Waals surface area contributed by atoms with E-state index in [0.29, 0.717) is 6.04 Å². The van der Waals surface area contributed by atoms with Crippen LogP contribution in [0.3, 0.4) is 0 Å². The van der Waals surface area contributed by atoms with Crippen molar-refractivity contribution in [1.82, 2.24) is 5.32 Å². The third kappa shape index (κ3) is 2.62. The van der Waals surface area contributed by atoms with Crippen molar-refractivity contribution in [2.75, 3.05) is 13.7 Å². The molecular formula is C11H16ClNO2. The molecule has 0 spiro atoms. The van der Waals surface area contributed by atoms with Gasteiger partial charge in [0.25, 0.3) is 0 Å². The van der Waals surface area contributed by atoms with Crippen LogP contribution >= 0.6 is 12.4 Å². The van der Waals surface area contributed by atoms with Crippen LogP contribution in [-0.4, -0.2) is 19.8 Å². The molecule has 1 aliphatic rings. The summed E-state index contributed by atoms with van der Waals surface area (Å²) in [5.41, 5.74) is 1.07. The first-order valence-corrected chi connectivity index (χ1v) is 4.82. The number of para-hydroxylation sites is 1. The number of nitrogens with one attached hydrogen (secondary N) is 1. The van der Waals surface area contributed by atoms with Crippen LogP contribution in [0.5, 0.6) is 5.75 Å². The highest BCUT2D eigenvalue weighted by atomic mass is 35.5. The third-order valence-electron chi connectivity index (χ3n) is 2.37. The summed E-state index contributed by atoms with van der Waals surface area (Å²) >= 11 is 0. The number of methoxy groups -OCH3 is 1. The van der Waals surface area contributed by atoms with Gasteiger partial charge in [-0.3, -0.25) is 5.32 Å². The Bertz CT molecular complexity index is 319. The van der Waals surface area contributed by atoms with Crippen LogP contribution in [0.2, 0.25) is 0 Å². The SMILES string of the molecule is COc1ccccc1C1NC(C)CO1.Cl. The Kier molecular flexibility index (Phi) is 4.39.